The average Bonchev–Trinajstić information content (AvgIpc) is 2.88. The Morgan fingerprint density at radius 1 is 0.868 bits per heavy atom. The lowest BCUT2D eigenvalue weighted by molar-refractivity contribution is -0.229. The normalized spacial score (nSPS) is 24.7. The summed E-state index contributed by atoms with van der Waals surface area (Å²) in [4.78, 5) is 0. The van der Waals surface area contributed by atoms with Crippen LogP contribution in [0.2, 0.25) is 0 Å². The zero-order valence-corrected chi connectivity index (χ0v) is 21.5. The molecular formula is C30H34F6O2. The zero-order valence-electron chi connectivity index (χ0n) is 21.5. The van der Waals surface area contributed by atoms with Gasteiger partial charge in [-0.05, 0) is 73.4 Å². The lowest BCUT2D eigenvalue weighted by Gasteiger charge is -2.37. The number of hydrogen-bond donors (Lipinski definition) is 0. The molecule has 0 spiro atoms. The van der Waals surface area contributed by atoms with Crippen molar-refractivity contribution in [3.8, 4) is 11.1 Å². The van der Waals surface area contributed by atoms with E-state index in [0.29, 0.717) is 17.9 Å². The van der Waals surface area contributed by atoms with E-state index in [2.05, 4.69) is 6.92 Å². The number of rotatable bonds is 8. The summed E-state index contributed by atoms with van der Waals surface area (Å²) in [5.74, 6) is -2.09. The van der Waals surface area contributed by atoms with Crippen LogP contribution >= 0.6 is 0 Å². The number of ether oxygens (including phenoxy) is 2. The molecular weight excluding hydrogens is 506 g/mol. The Morgan fingerprint density at radius 3 is 2.11 bits per heavy atom. The highest BCUT2D eigenvalue weighted by Crippen LogP contribution is 2.40. The summed E-state index contributed by atoms with van der Waals surface area (Å²) < 4.78 is 92.9. The highest BCUT2D eigenvalue weighted by Gasteiger charge is 2.33. The van der Waals surface area contributed by atoms with Gasteiger partial charge in [-0.1, -0.05) is 38.3 Å². The van der Waals surface area contributed by atoms with Crippen molar-refractivity contribution >= 4 is 6.08 Å². The summed E-state index contributed by atoms with van der Waals surface area (Å²) in [6.45, 7) is 3.67. The molecule has 0 bridgehead atoms. The van der Waals surface area contributed by atoms with Crippen LogP contribution in [0.15, 0.2) is 36.4 Å². The van der Waals surface area contributed by atoms with Crippen LogP contribution in [-0.4, -0.2) is 25.7 Å². The number of hydrogen-bond acceptors (Lipinski definition) is 2. The van der Waals surface area contributed by atoms with Gasteiger partial charge >= 0.3 is 6.18 Å². The Balaban J connectivity index is 1.35. The van der Waals surface area contributed by atoms with Gasteiger partial charge in [-0.25, -0.2) is 13.2 Å². The van der Waals surface area contributed by atoms with Crippen LogP contribution in [0.3, 0.4) is 0 Å². The van der Waals surface area contributed by atoms with E-state index in [1.165, 1.54) is 31.4 Å². The molecule has 2 aromatic rings. The molecule has 1 aliphatic heterocycles. The van der Waals surface area contributed by atoms with E-state index in [1.54, 1.807) is 6.07 Å². The fraction of sp³-hybridized carbons (Fsp3) is 0.533. The maximum atomic E-state index is 15.0. The van der Waals surface area contributed by atoms with Crippen LogP contribution in [-0.2, 0) is 9.47 Å². The van der Waals surface area contributed by atoms with E-state index >= 15 is 4.39 Å². The Morgan fingerprint density at radius 2 is 1.53 bits per heavy atom. The van der Waals surface area contributed by atoms with E-state index in [-0.39, 0.29) is 29.4 Å². The lowest BCUT2D eigenvalue weighted by Crippen LogP contribution is -2.38. The van der Waals surface area contributed by atoms with Gasteiger partial charge in [0.15, 0.2) is 6.29 Å². The molecule has 1 aliphatic carbocycles. The highest BCUT2D eigenvalue weighted by molar-refractivity contribution is 5.67. The molecule has 2 nitrogen and oxygen atoms in total. The van der Waals surface area contributed by atoms with Crippen LogP contribution < -0.4 is 0 Å². The van der Waals surface area contributed by atoms with Gasteiger partial charge in [0, 0.05) is 29.0 Å². The summed E-state index contributed by atoms with van der Waals surface area (Å²) in [5, 5.41) is 0. The second-order valence-corrected chi connectivity index (χ2v) is 10.5. The molecule has 0 N–H and O–H groups in total. The fourth-order valence-electron chi connectivity index (χ4n) is 5.50. The van der Waals surface area contributed by atoms with Crippen molar-refractivity contribution in [2.45, 2.75) is 76.7 Å². The molecule has 208 valence electrons. The molecule has 2 aliphatic rings. The van der Waals surface area contributed by atoms with Gasteiger partial charge in [-0.15, -0.1) is 0 Å². The molecule has 1 saturated heterocycles. The van der Waals surface area contributed by atoms with Gasteiger partial charge in [-0.3, -0.25) is 0 Å². The van der Waals surface area contributed by atoms with E-state index in [9.17, 15) is 22.0 Å². The van der Waals surface area contributed by atoms with Crippen molar-refractivity contribution in [3.05, 3.63) is 65.0 Å². The minimum atomic E-state index is -4.70. The van der Waals surface area contributed by atoms with Crippen molar-refractivity contribution in [3.63, 3.8) is 0 Å². The average molecular weight is 541 g/mol. The highest BCUT2D eigenvalue weighted by atomic mass is 19.4. The van der Waals surface area contributed by atoms with Crippen molar-refractivity contribution < 1.29 is 35.8 Å². The molecule has 0 aromatic heterocycles. The standard InChI is InChI=1S/C30H34F6O2/c1-2-3-4-5-19-17-37-29(38-18-19)21-8-6-20(7-9-21)22-10-11-24(26(31)14-22)23-15-27(32)25(28(33)16-23)12-13-30(34,35)36/h10-16,19-21,29H,2-9,17-18H2,1H3/b13-12+. The van der Waals surface area contributed by atoms with Crippen LogP contribution in [0.5, 0.6) is 0 Å². The third-order valence-corrected chi connectivity index (χ3v) is 7.66. The SMILES string of the molecule is CCCCCC1COC(C2CCC(c3ccc(-c4cc(F)c(/C=C/C(F)(F)F)c(F)c4)c(F)c3)CC2)OC1. The molecule has 4 rings (SSSR count). The molecule has 0 radical (unpaired) electrons. The molecule has 1 heterocycles. The van der Waals surface area contributed by atoms with Crippen molar-refractivity contribution in [2.75, 3.05) is 13.2 Å². The molecule has 0 atom stereocenters. The van der Waals surface area contributed by atoms with E-state index in [4.69, 9.17) is 9.47 Å². The number of unbranched alkanes of at least 4 members (excludes halogenated alkanes) is 2. The second-order valence-electron chi connectivity index (χ2n) is 10.5. The second kappa shape index (κ2) is 12.7. The van der Waals surface area contributed by atoms with Gasteiger partial charge in [0.1, 0.15) is 17.5 Å². The Bertz CT molecular complexity index is 1070. The van der Waals surface area contributed by atoms with Gasteiger partial charge < -0.3 is 9.47 Å². The fourth-order valence-corrected chi connectivity index (χ4v) is 5.50. The molecule has 0 unspecified atom stereocenters. The first kappa shape index (κ1) is 28.7. The number of halogens is 6. The summed E-state index contributed by atoms with van der Waals surface area (Å²) in [7, 11) is 0. The van der Waals surface area contributed by atoms with Crippen molar-refractivity contribution in [1.82, 2.24) is 0 Å². The van der Waals surface area contributed by atoms with E-state index in [0.717, 1.165) is 63.0 Å². The lowest BCUT2D eigenvalue weighted by atomic mass is 9.78. The van der Waals surface area contributed by atoms with Crippen LogP contribution in [0.1, 0.15) is 75.3 Å². The summed E-state index contributed by atoms with van der Waals surface area (Å²) in [6, 6.07) is 6.32. The quantitative estimate of drug-likeness (QED) is 0.246. The minimum Gasteiger partial charge on any atom is -0.352 e. The molecule has 2 fully saturated rings. The van der Waals surface area contributed by atoms with Gasteiger partial charge in [0.25, 0.3) is 0 Å². The Labute approximate surface area is 220 Å². The number of benzene rings is 2. The maximum absolute atomic E-state index is 15.0. The number of alkyl halides is 3. The monoisotopic (exact) mass is 540 g/mol. The summed E-state index contributed by atoms with van der Waals surface area (Å²) in [6.07, 6.45) is 3.49. The van der Waals surface area contributed by atoms with Gasteiger partial charge in [-0.2, -0.15) is 13.2 Å². The molecule has 2 aromatic carbocycles. The van der Waals surface area contributed by atoms with E-state index < -0.39 is 29.2 Å². The third-order valence-electron chi connectivity index (χ3n) is 7.66. The van der Waals surface area contributed by atoms with Crippen LogP contribution in [0, 0.1) is 29.3 Å². The summed E-state index contributed by atoms with van der Waals surface area (Å²) in [5.41, 5.74) is -0.0877. The topological polar surface area (TPSA) is 18.5 Å². The predicted octanol–water partition coefficient (Wildman–Crippen LogP) is 9.19. The molecule has 38 heavy (non-hydrogen) atoms. The molecule has 8 heteroatoms. The summed E-state index contributed by atoms with van der Waals surface area (Å²) >= 11 is 0. The Hall–Kier alpha value is -2.32. The molecule has 0 amide bonds. The van der Waals surface area contributed by atoms with Crippen molar-refractivity contribution in [1.29, 1.82) is 0 Å². The number of allylic oxidation sites excluding steroid dienone is 1. The third kappa shape index (κ3) is 7.41. The predicted molar refractivity (Wildman–Crippen MR) is 135 cm³/mol. The van der Waals surface area contributed by atoms with Crippen LogP contribution in [0.25, 0.3) is 17.2 Å². The largest absolute Gasteiger partial charge is 0.409 e. The minimum absolute atomic E-state index is 0.0101. The first-order chi connectivity index (χ1) is 18.1. The Kier molecular flexibility index (Phi) is 9.58. The molecule has 1 saturated carbocycles. The smallest absolute Gasteiger partial charge is 0.352 e. The van der Waals surface area contributed by atoms with Gasteiger partial charge in [0.05, 0.1) is 13.2 Å². The van der Waals surface area contributed by atoms with Crippen LogP contribution in [0.4, 0.5) is 26.3 Å². The van der Waals surface area contributed by atoms with Gasteiger partial charge in [0.2, 0.25) is 0 Å². The van der Waals surface area contributed by atoms with E-state index in [1.807, 2.05) is 0 Å². The van der Waals surface area contributed by atoms with Crippen molar-refractivity contribution in [2.24, 2.45) is 11.8 Å². The first-order valence-electron chi connectivity index (χ1n) is 13.4. The maximum Gasteiger partial charge on any atom is 0.409 e. The first-order valence-corrected chi connectivity index (χ1v) is 13.4. The zero-order chi connectivity index (χ0) is 27.3.